The summed E-state index contributed by atoms with van der Waals surface area (Å²) in [6.07, 6.45) is 1.31. The van der Waals surface area contributed by atoms with Gasteiger partial charge in [0.2, 0.25) is 0 Å². The van der Waals surface area contributed by atoms with Crippen molar-refractivity contribution in [3.63, 3.8) is 0 Å². The molecule has 9 nitrogen and oxygen atoms in total. The van der Waals surface area contributed by atoms with Gasteiger partial charge >= 0.3 is 0 Å². The summed E-state index contributed by atoms with van der Waals surface area (Å²) in [4.78, 5) is 24.4. The number of nitrogens with one attached hydrogen (secondary N) is 1. The lowest BCUT2D eigenvalue weighted by Crippen LogP contribution is -2.25. The van der Waals surface area contributed by atoms with Gasteiger partial charge in [-0.25, -0.2) is 0 Å². The summed E-state index contributed by atoms with van der Waals surface area (Å²) in [6.45, 7) is 4.55. The van der Waals surface area contributed by atoms with Crippen LogP contribution in [0, 0.1) is 0 Å². The Morgan fingerprint density at radius 2 is 2.03 bits per heavy atom. The van der Waals surface area contributed by atoms with Crippen molar-refractivity contribution in [2.24, 2.45) is 0 Å². The number of amides is 1. The first kappa shape index (κ1) is 21.1. The SMILES string of the molecule is C=CCn1c(SCC(=O)c2ccc3c(c2)NC(=O)CO3)nnc1[C@@H]1COc2ccccc2O1. The smallest absolute Gasteiger partial charge is 0.262 e. The summed E-state index contributed by atoms with van der Waals surface area (Å²) in [7, 11) is 0. The lowest BCUT2D eigenvalue weighted by atomic mass is 10.1. The van der Waals surface area contributed by atoms with Crippen LogP contribution in [0.15, 0.2) is 60.3 Å². The van der Waals surface area contributed by atoms with E-state index in [0.29, 0.717) is 52.6 Å². The van der Waals surface area contributed by atoms with Crippen LogP contribution >= 0.6 is 11.8 Å². The molecule has 0 spiro atoms. The molecule has 2 aromatic carbocycles. The number of carbonyl (C=O) groups is 2. The maximum absolute atomic E-state index is 12.8. The van der Waals surface area contributed by atoms with Crippen LogP contribution in [-0.4, -0.2) is 45.4 Å². The van der Waals surface area contributed by atoms with Crippen LogP contribution in [0.5, 0.6) is 17.2 Å². The molecule has 5 rings (SSSR count). The number of para-hydroxylation sites is 2. The Hall–Kier alpha value is -3.79. The Labute approximate surface area is 193 Å². The minimum absolute atomic E-state index is 0.0290. The molecule has 0 fully saturated rings. The molecular weight excluding hydrogens is 444 g/mol. The maximum atomic E-state index is 12.8. The van der Waals surface area contributed by atoms with Crippen LogP contribution < -0.4 is 19.5 Å². The molecule has 2 aliphatic heterocycles. The van der Waals surface area contributed by atoms with Crippen molar-refractivity contribution in [1.82, 2.24) is 14.8 Å². The lowest BCUT2D eigenvalue weighted by molar-refractivity contribution is -0.118. The third kappa shape index (κ3) is 4.29. The number of carbonyl (C=O) groups excluding carboxylic acids is 2. The van der Waals surface area contributed by atoms with Crippen LogP contribution in [0.25, 0.3) is 0 Å². The Kier molecular flexibility index (Phi) is 5.74. The molecule has 1 N–H and O–H groups in total. The van der Waals surface area contributed by atoms with E-state index < -0.39 is 6.10 Å². The number of ether oxygens (including phenoxy) is 3. The fourth-order valence-electron chi connectivity index (χ4n) is 3.56. The number of hydrogen-bond donors (Lipinski definition) is 1. The molecule has 1 atom stereocenters. The van der Waals surface area contributed by atoms with Gasteiger partial charge in [-0.05, 0) is 30.3 Å². The number of anilines is 1. The number of allylic oxidation sites excluding steroid dienone is 1. The summed E-state index contributed by atoms with van der Waals surface area (Å²) >= 11 is 1.28. The standard InChI is InChI=1S/C23H20N4O5S/c1-2-9-27-22(20-11-30-18-5-3-4-6-19(18)32-20)25-26-23(27)33-13-16(28)14-7-8-17-15(10-14)24-21(29)12-31-17/h2-8,10,20H,1,9,11-13H2,(H,24,29)/t20-/m0/s1. The number of rotatable bonds is 7. The van der Waals surface area contributed by atoms with Gasteiger partial charge in [-0.2, -0.15) is 0 Å². The van der Waals surface area contributed by atoms with E-state index in [1.165, 1.54) is 11.8 Å². The minimum Gasteiger partial charge on any atom is -0.485 e. The van der Waals surface area contributed by atoms with Gasteiger partial charge in [0.15, 0.2) is 41.0 Å². The van der Waals surface area contributed by atoms with E-state index >= 15 is 0 Å². The molecule has 3 aromatic rings. The molecule has 3 heterocycles. The summed E-state index contributed by atoms with van der Waals surface area (Å²) in [6, 6.07) is 12.5. The number of Topliss-reactive ketones (excluding diaryl/α,β-unsaturated/α-hetero) is 1. The number of benzene rings is 2. The first-order valence-corrected chi connectivity index (χ1v) is 11.3. The zero-order valence-electron chi connectivity index (χ0n) is 17.5. The Morgan fingerprint density at radius 3 is 2.88 bits per heavy atom. The normalized spacial score (nSPS) is 16.4. The van der Waals surface area contributed by atoms with Crippen molar-refractivity contribution in [1.29, 1.82) is 0 Å². The van der Waals surface area contributed by atoms with E-state index in [9.17, 15) is 9.59 Å². The molecule has 0 bridgehead atoms. The fraction of sp³-hybridized carbons (Fsp3) is 0.217. The molecule has 0 aliphatic carbocycles. The average Bonchev–Trinajstić information content (AvgIpc) is 3.24. The van der Waals surface area contributed by atoms with Crippen molar-refractivity contribution < 1.29 is 23.8 Å². The highest BCUT2D eigenvalue weighted by Gasteiger charge is 2.28. The third-order valence-electron chi connectivity index (χ3n) is 5.12. The van der Waals surface area contributed by atoms with E-state index in [0.717, 1.165) is 0 Å². The number of aromatic nitrogens is 3. The van der Waals surface area contributed by atoms with Crippen LogP contribution in [0.3, 0.4) is 0 Å². The molecule has 0 saturated carbocycles. The van der Waals surface area contributed by atoms with Crippen molar-refractivity contribution in [2.45, 2.75) is 17.8 Å². The quantitative estimate of drug-likeness (QED) is 0.323. The topological polar surface area (TPSA) is 105 Å². The van der Waals surface area contributed by atoms with Gasteiger partial charge < -0.3 is 19.5 Å². The van der Waals surface area contributed by atoms with Crippen LogP contribution in [0.4, 0.5) is 5.69 Å². The molecule has 168 valence electrons. The molecule has 0 radical (unpaired) electrons. The summed E-state index contributed by atoms with van der Waals surface area (Å²) in [5, 5.41) is 11.9. The van der Waals surface area contributed by atoms with Gasteiger partial charge in [0, 0.05) is 12.1 Å². The molecule has 1 aromatic heterocycles. The van der Waals surface area contributed by atoms with Gasteiger partial charge in [0.25, 0.3) is 5.91 Å². The van der Waals surface area contributed by atoms with Gasteiger partial charge in [-0.3, -0.25) is 14.2 Å². The van der Waals surface area contributed by atoms with Crippen LogP contribution in [0.1, 0.15) is 22.3 Å². The van der Waals surface area contributed by atoms with Gasteiger partial charge in [0.05, 0.1) is 11.4 Å². The molecule has 33 heavy (non-hydrogen) atoms. The molecule has 0 unspecified atom stereocenters. The number of hydrogen-bond acceptors (Lipinski definition) is 8. The van der Waals surface area contributed by atoms with Crippen molar-refractivity contribution >= 4 is 29.1 Å². The molecule has 1 amide bonds. The number of nitrogens with zero attached hydrogens (tertiary/aromatic N) is 3. The monoisotopic (exact) mass is 464 g/mol. The molecular formula is C23H20N4O5S. The Balaban J connectivity index is 1.31. The van der Waals surface area contributed by atoms with Crippen molar-refractivity contribution in [3.05, 3.63) is 66.5 Å². The van der Waals surface area contributed by atoms with Crippen molar-refractivity contribution in [3.8, 4) is 17.2 Å². The highest BCUT2D eigenvalue weighted by Crippen LogP contribution is 2.36. The Morgan fingerprint density at radius 1 is 1.18 bits per heavy atom. The summed E-state index contributed by atoms with van der Waals surface area (Å²) in [5.74, 6) is 2.28. The molecule has 10 heteroatoms. The van der Waals surface area contributed by atoms with Gasteiger partial charge in [0.1, 0.15) is 12.4 Å². The highest BCUT2D eigenvalue weighted by molar-refractivity contribution is 7.99. The van der Waals surface area contributed by atoms with E-state index in [2.05, 4.69) is 22.1 Å². The highest BCUT2D eigenvalue weighted by atomic mass is 32.2. The fourth-order valence-corrected chi connectivity index (χ4v) is 4.41. The zero-order valence-corrected chi connectivity index (χ0v) is 18.3. The van der Waals surface area contributed by atoms with E-state index in [1.807, 2.05) is 28.8 Å². The minimum atomic E-state index is -0.429. The average molecular weight is 465 g/mol. The van der Waals surface area contributed by atoms with E-state index in [1.54, 1.807) is 24.3 Å². The predicted octanol–water partition coefficient (Wildman–Crippen LogP) is 3.28. The predicted molar refractivity (Wildman–Crippen MR) is 121 cm³/mol. The maximum Gasteiger partial charge on any atom is 0.262 e. The first-order valence-electron chi connectivity index (χ1n) is 10.3. The second-order valence-electron chi connectivity index (χ2n) is 7.36. The number of thioether (sulfide) groups is 1. The third-order valence-corrected chi connectivity index (χ3v) is 6.09. The molecule has 0 saturated heterocycles. The van der Waals surface area contributed by atoms with E-state index in [4.69, 9.17) is 14.2 Å². The second kappa shape index (κ2) is 8.99. The second-order valence-corrected chi connectivity index (χ2v) is 8.31. The largest absolute Gasteiger partial charge is 0.485 e. The summed E-state index contributed by atoms with van der Waals surface area (Å²) in [5.41, 5.74) is 0.969. The van der Waals surface area contributed by atoms with Crippen LogP contribution in [-0.2, 0) is 11.3 Å². The van der Waals surface area contributed by atoms with Gasteiger partial charge in [-0.15, -0.1) is 16.8 Å². The first-order chi connectivity index (χ1) is 16.1. The number of fused-ring (bicyclic) bond motifs is 2. The van der Waals surface area contributed by atoms with Crippen LogP contribution in [0.2, 0.25) is 0 Å². The Bertz CT molecular complexity index is 1240. The van der Waals surface area contributed by atoms with E-state index in [-0.39, 0.29) is 24.1 Å². The van der Waals surface area contributed by atoms with Crippen molar-refractivity contribution in [2.75, 3.05) is 24.3 Å². The summed E-state index contributed by atoms with van der Waals surface area (Å²) < 4.78 is 19.1. The zero-order chi connectivity index (χ0) is 22.8. The van der Waals surface area contributed by atoms with Gasteiger partial charge in [-0.1, -0.05) is 30.0 Å². The number of ketones is 1. The molecule has 2 aliphatic rings. The lowest BCUT2D eigenvalue weighted by Gasteiger charge is -2.26.